The van der Waals surface area contributed by atoms with E-state index in [-0.39, 0.29) is 17.9 Å². The molecule has 0 aliphatic carbocycles. The summed E-state index contributed by atoms with van der Waals surface area (Å²) in [7, 11) is -1.91. The molecule has 1 fully saturated rings. The van der Waals surface area contributed by atoms with Gasteiger partial charge >= 0.3 is 19.7 Å². The van der Waals surface area contributed by atoms with E-state index in [1.54, 1.807) is 51.1 Å². The van der Waals surface area contributed by atoms with Gasteiger partial charge in [0.1, 0.15) is 29.7 Å². The molecule has 0 amide bonds. The van der Waals surface area contributed by atoms with Crippen LogP contribution >= 0.6 is 7.75 Å². The number of carbonyl (C=O) groups is 2. The molecule has 1 saturated heterocycles. The van der Waals surface area contributed by atoms with Crippen molar-refractivity contribution in [3.8, 4) is 5.88 Å². The number of fused-ring (bicyclic) bond motifs is 1. The second-order valence-electron chi connectivity index (χ2n) is 10.8. The van der Waals surface area contributed by atoms with E-state index >= 15 is 0 Å². The summed E-state index contributed by atoms with van der Waals surface area (Å²) in [5, 5.41) is 25.0. The molecule has 3 heterocycles. The molecule has 2 aromatic heterocycles. The molecular formula is C28H38N5O11P. The van der Waals surface area contributed by atoms with Gasteiger partial charge in [0.2, 0.25) is 5.88 Å². The smallest absolute Gasteiger partial charge is 0.406 e. The van der Waals surface area contributed by atoms with Crippen LogP contribution in [0.5, 0.6) is 5.88 Å². The molecule has 1 aromatic carbocycles. The Morgan fingerprint density at radius 3 is 2.53 bits per heavy atom. The summed E-state index contributed by atoms with van der Waals surface area (Å²) in [6.07, 6.45) is -3.12. The highest BCUT2D eigenvalue weighted by molar-refractivity contribution is 7.51. The van der Waals surface area contributed by atoms with Crippen LogP contribution in [0, 0.1) is 6.92 Å². The number of ether oxygens (including phenoxy) is 4. The van der Waals surface area contributed by atoms with Crippen molar-refractivity contribution in [2.45, 2.75) is 70.3 Å². The van der Waals surface area contributed by atoms with Crippen LogP contribution in [0.3, 0.4) is 0 Å². The quantitative estimate of drug-likeness (QED) is 0.167. The number of aliphatic hydroxyl groups excluding tert-OH is 1. The summed E-state index contributed by atoms with van der Waals surface area (Å²) in [6, 6.07) is 7.64. The molecule has 0 bridgehead atoms. The van der Waals surface area contributed by atoms with Crippen LogP contribution in [0.4, 0.5) is 0 Å². The second kappa shape index (κ2) is 14.3. The number of imidazole rings is 1. The molecule has 16 nitrogen and oxygen atoms in total. The third kappa shape index (κ3) is 8.02. The minimum Gasteiger partial charge on any atom is -0.479 e. The lowest BCUT2D eigenvalue weighted by Crippen LogP contribution is -2.44. The predicted octanol–water partition coefficient (Wildman–Crippen LogP) is 1.62. The highest BCUT2D eigenvalue weighted by atomic mass is 31.2. The fourth-order valence-corrected chi connectivity index (χ4v) is 6.19. The van der Waals surface area contributed by atoms with E-state index in [2.05, 4.69) is 20.0 Å². The topological polar surface area (TPSA) is 203 Å². The molecule has 1 aliphatic rings. The van der Waals surface area contributed by atoms with Gasteiger partial charge in [-0.25, -0.2) is 24.4 Å². The minimum absolute atomic E-state index is 0.0401. The highest BCUT2D eigenvalue weighted by Crippen LogP contribution is 2.47. The molecule has 3 N–H and O–H groups in total. The first-order valence-corrected chi connectivity index (χ1v) is 15.6. The van der Waals surface area contributed by atoms with Gasteiger partial charge in [0, 0.05) is 0 Å². The minimum atomic E-state index is -4.51. The van der Waals surface area contributed by atoms with E-state index in [4.69, 9.17) is 28.0 Å². The van der Waals surface area contributed by atoms with Crippen LogP contribution in [0.2, 0.25) is 0 Å². The first-order chi connectivity index (χ1) is 21.3. The average molecular weight is 652 g/mol. The molecule has 2 unspecified atom stereocenters. The number of rotatable bonds is 14. The molecular weight excluding hydrogens is 613 g/mol. The van der Waals surface area contributed by atoms with E-state index in [0.29, 0.717) is 16.9 Å². The number of nitrogens with zero attached hydrogens (tertiary/aromatic N) is 4. The van der Waals surface area contributed by atoms with E-state index < -0.39 is 69.1 Å². The Morgan fingerprint density at radius 2 is 1.89 bits per heavy atom. The van der Waals surface area contributed by atoms with Crippen molar-refractivity contribution in [2.75, 3.05) is 27.4 Å². The summed E-state index contributed by atoms with van der Waals surface area (Å²) >= 11 is 0. The third-order valence-corrected chi connectivity index (χ3v) is 8.50. The summed E-state index contributed by atoms with van der Waals surface area (Å²) in [4.78, 5) is 37.8. The van der Waals surface area contributed by atoms with E-state index in [1.165, 1.54) is 32.0 Å². The maximum Gasteiger partial charge on any atom is 0.406 e. The predicted molar refractivity (Wildman–Crippen MR) is 157 cm³/mol. The Kier molecular flexibility index (Phi) is 10.9. The number of carbonyl (C=O) groups excluding carboxylic acids is 2. The lowest BCUT2D eigenvalue weighted by atomic mass is 9.96. The van der Waals surface area contributed by atoms with E-state index in [9.17, 15) is 24.4 Å². The van der Waals surface area contributed by atoms with Gasteiger partial charge in [0.05, 0.1) is 33.3 Å². The number of esters is 2. The first-order valence-electron chi connectivity index (χ1n) is 14.1. The van der Waals surface area contributed by atoms with E-state index in [0.717, 1.165) is 0 Å². The van der Waals surface area contributed by atoms with Gasteiger partial charge in [0.15, 0.2) is 24.0 Å². The molecule has 0 spiro atoms. The number of aromatic nitrogens is 4. The second-order valence-corrected chi connectivity index (χ2v) is 12.6. The Hall–Kier alpha value is -3.50. The molecule has 4 rings (SSSR count). The van der Waals surface area contributed by atoms with Gasteiger partial charge in [-0.3, -0.25) is 18.4 Å². The van der Waals surface area contributed by atoms with Crippen molar-refractivity contribution in [3.05, 3.63) is 48.0 Å². The zero-order valence-corrected chi connectivity index (χ0v) is 26.7. The number of benzene rings is 1. The average Bonchev–Trinajstić information content (AvgIpc) is 3.51. The molecule has 246 valence electrons. The standard InChI is InChI=1S/C28H38N5O11P/c1-16(2)43-21(34)14-42-45(38,32-19(26(36)40-6)12-18-10-8-7-9-11-18)41-13-20-23(35)28(4,37)27(44-20)33-15-29-22-24(33)30-17(3)31-25(22)39-5/h7-11,15-16,19-20,23,27,35,37H,12-14H2,1-6H3,(H,32,38)/t19-,20+,23?,27+,28-,45?/m0/s1. The number of nitrogens with one attached hydrogen (secondary N) is 1. The third-order valence-electron chi connectivity index (χ3n) is 6.91. The number of methoxy groups -OCH3 is 2. The summed E-state index contributed by atoms with van der Waals surface area (Å²) < 4.78 is 47.7. The van der Waals surface area contributed by atoms with Crippen LogP contribution in [0.25, 0.3) is 11.2 Å². The number of hydrogen-bond acceptors (Lipinski definition) is 14. The molecule has 45 heavy (non-hydrogen) atoms. The zero-order chi connectivity index (χ0) is 32.9. The Bertz CT molecular complexity index is 1530. The fraction of sp³-hybridized carbons (Fsp3) is 0.536. The lowest BCUT2D eigenvalue weighted by molar-refractivity contribution is -0.150. The maximum absolute atomic E-state index is 14.0. The van der Waals surface area contributed by atoms with Crippen molar-refractivity contribution < 1.29 is 52.4 Å². The zero-order valence-electron chi connectivity index (χ0n) is 25.8. The molecule has 1 aliphatic heterocycles. The van der Waals surface area contributed by atoms with Crippen molar-refractivity contribution in [3.63, 3.8) is 0 Å². The summed E-state index contributed by atoms with van der Waals surface area (Å²) in [5.74, 6) is -1.01. The van der Waals surface area contributed by atoms with Gasteiger partial charge in [-0.1, -0.05) is 30.3 Å². The number of aliphatic hydroxyl groups is 2. The highest BCUT2D eigenvalue weighted by Gasteiger charge is 2.54. The molecule has 6 atom stereocenters. The molecule has 0 saturated carbocycles. The molecule has 0 radical (unpaired) electrons. The van der Waals surface area contributed by atoms with Crippen molar-refractivity contribution >= 4 is 30.8 Å². The van der Waals surface area contributed by atoms with Gasteiger partial charge in [-0.05, 0) is 39.7 Å². The Balaban J connectivity index is 1.57. The van der Waals surface area contributed by atoms with Gasteiger partial charge in [-0.15, -0.1) is 0 Å². The lowest BCUT2D eigenvalue weighted by Gasteiger charge is -2.27. The Morgan fingerprint density at radius 1 is 1.18 bits per heavy atom. The number of aryl methyl sites for hydroxylation is 1. The van der Waals surface area contributed by atoms with Crippen LogP contribution in [-0.2, 0) is 43.8 Å². The van der Waals surface area contributed by atoms with Crippen LogP contribution in [-0.4, -0.2) is 99.1 Å². The Labute approximate surface area is 259 Å². The van der Waals surface area contributed by atoms with Crippen molar-refractivity contribution in [1.29, 1.82) is 0 Å². The molecule has 3 aromatic rings. The van der Waals surface area contributed by atoms with Crippen LogP contribution in [0.1, 0.15) is 38.4 Å². The largest absolute Gasteiger partial charge is 0.479 e. The van der Waals surface area contributed by atoms with Crippen molar-refractivity contribution in [2.24, 2.45) is 0 Å². The fourth-order valence-electron chi connectivity index (χ4n) is 4.77. The molecule has 17 heteroatoms. The van der Waals surface area contributed by atoms with Crippen LogP contribution in [0.15, 0.2) is 36.7 Å². The van der Waals surface area contributed by atoms with Gasteiger partial charge in [-0.2, -0.15) is 4.98 Å². The first kappa shape index (κ1) is 34.4. The van der Waals surface area contributed by atoms with Gasteiger partial charge < -0.3 is 29.2 Å². The van der Waals surface area contributed by atoms with Gasteiger partial charge in [0.25, 0.3) is 0 Å². The van der Waals surface area contributed by atoms with Crippen molar-refractivity contribution in [1.82, 2.24) is 24.6 Å². The van der Waals surface area contributed by atoms with E-state index in [1.807, 2.05) is 0 Å². The SMILES string of the molecule is COC(=O)[C@H](Cc1ccccc1)NP(=O)(OCC(=O)OC(C)C)OC[C@H]1O[C@@H](n2cnc3c(OC)nc(C)nc32)[C@@](C)(O)C1O. The maximum atomic E-state index is 14.0. The summed E-state index contributed by atoms with van der Waals surface area (Å²) in [6.45, 7) is 4.89. The normalized spacial score (nSPS) is 23.5. The van der Waals surface area contributed by atoms with Crippen LogP contribution < -0.4 is 9.82 Å². The summed E-state index contributed by atoms with van der Waals surface area (Å²) in [5.41, 5.74) is -0.615. The number of hydrogen-bond donors (Lipinski definition) is 3. The monoisotopic (exact) mass is 651 g/mol.